The molecule has 0 amide bonds. The third-order valence-corrected chi connectivity index (χ3v) is 3.01. The summed E-state index contributed by atoms with van der Waals surface area (Å²) in [6, 6.07) is 0. The van der Waals surface area contributed by atoms with Crippen LogP contribution in [0.4, 0.5) is 0 Å². The number of nitrogens with zero attached hydrogens (tertiary/aromatic N) is 1. The van der Waals surface area contributed by atoms with Gasteiger partial charge >= 0.3 is 5.97 Å². The molecule has 1 atom stereocenters. The van der Waals surface area contributed by atoms with Crippen molar-refractivity contribution in [2.75, 3.05) is 26.2 Å². The maximum atomic E-state index is 11.1. The van der Waals surface area contributed by atoms with Gasteiger partial charge in [-0.1, -0.05) is 13.0 Å². The van der Waals surface area contributed by atoms with Crippen LogP contribution in [0.2, 0.25) is 0 Å². The van der Waals surface area contributed by atoms with Crippen molar-refractivity contribution in [2.45, 2.75) is 33.1 Å². The molecule has 0 aromatic heterocycles. The number of rotatable bonds is 4. The summed E-state index contributed by atoms with van der Waals surface area (Å²) in [4.78, 5) is 13.5. The summed E-state index contributed by atoms with van der Waals surface area (Å²) >= 11 is 0. The number of carbonyl (C=O) groups excluding carboxylic acids is 1. The van der Waals surface area contributed by atoms with Gasteiger partial charge in [-0.05, 0) is 45.2 Å². The van der Waals surface area contributed by atoms with Crippen molar-refractivity contribution in [3.8, 4) is 0 Å². The molecule has 0 aliphatic carbocycles. The second-order valence-corrected chi connectivity index (χ2v) is 4.49. The van der Waals surface area contributed by atoms with E-state index in [-0.39, 0.29) is 5.97 Å². The Morgan fingerprint density at radius 2 is 2.25 bits per heavy atom. The normalized spacial score (nSPS) is 23.2. The molecule has 1 rings (SSSR count). The second-order valence-electron chi connectivity index (χ2n) is 4.49. The molecule has 92 valence electrons. The Morgan fingerprint density at radius 1 is 1.44 bits per heavy atom. The summed E-state index contributed by atoms with van der Waals surface area (Å²) in [6.07, 6.45) is 7.32. The quantitative estimate of drug-likeness (QED) is 0.543. The zero-order chi connectivity index (χ0) is 11.8. The largest absolute Gasteiger partial charge is 0.463 e. The van der Waals surface area contributed by atoms with E-state index < -0.39 is 0 Å². The molecule has 0 N–H and O–H groups in total. The molecule has 1 aliphatic heterocycles. The van der Waals surface area contributed by atoms with Crippen LogP contribution in [-0.4, -0.2) is 37.1 Å². The van der Waals surface area contributed by atoms with Gasteiger partial charge in [0.05, 0.1) is 6.61 Å². The van der Waals surface area contributed by atoms with E-state index in [1.54, 1.807) is 0 Å². The van der Waals surface area contributed by atoms with Crippen LogP contribution < -0.4 is 0 Å². The first-order valence-corrected chi connectivity index (χ1v) is 6.28. The highest BCUT2D eigenvalue weighted by atomic mass is 16.5. The Kier molecular flexibility index (Phi) is 6.16. The topological polar surface area (TPSA) is 29.5 Å². The third-order valence-electron chi connectivity index (χ3n) is 3.01. The molecule has 1 fully saturated rings. The maximum Gasteiger partial charge on any atom is 0.330 e. The van der Waals surface area contributed by atoms with Crippen molar-refractivity contribution in [1.82, 2.24) is 4.90 Å². The van der Waals surface area contributed by atoms with Crippen LogP contribution in [0.5, 0.6) is 0 Å². The van der Waals surface area contributed by atoms with Crippen LogP contribution in [0.15, 0.2) is 12.2 Å². The van der Waals surface area contributed by atoms with Gasteiger partial charge in [-0.2, -0.15) is 0 Å². The monoisotopic (exact) mass is 225 g/mol. The average Bonchev–Trinajstić information content (AvgIpc) is 2.44. The van der Waals surface area contributed by atoms with Crippen molar-refractivity contribution < 1.29 is 9.53 Å². The molecule has 0 spiro atoms. The minimum atomic E-state index is -0.231. The molecular formula is C13H23NO2. The lowest BCUT2D eigenvalue weighted by molar-refractivity contribution is -0.137. The Bertz CT molecular complexity index is 238. The average molecular weight is 225 g/mol. The summed E-state index contributed by atoms with van der Waals surface area (Å²) < 4.78 is 4.83. The molecule has 1 aliphatic rings. The highest BCUT2D eigenvalue weighted by Crippen LogP contribution is 2.15. The minimum absolute atomic E-state index is 0.231. The highest BCUT2D eigenvalue weighted by molar-refractivity contribution is 5.81. The third kappa shape index (κ3) is 5.31. The molecule has 1 unspecified atom stereocenters. The predicted molar refractivity (Wildman–Crippen MR) is 65.2 cm³/mol. The van der Waals surface area contributed by atoms with Crippen LogP contribution in [0, 0.1) is 5.92 Å². The van der Waals surface area contributed by atoms with E-state index in [0.717, 1.165) is 25.6 Å². The van der Waals surface area contributed by atoms with Gasteiger partial charge in [0.2, 0.25) is 0 Å². The van der Waals surface area contributed by atoms with E-state index in [0.29, 0.717) is 6.61 Å². The van der Waals surface area contributed by atoms with Gasteiger partial charge < -0.3 is 4.74 Å². The van der Waals surface area contributed by atoms with Crippen LogP contribution in [0.3, 0.4) is 0 Å². The second kappa shape index (κ2) is 7.44. The van der Waals surface area contributed by atoms with Gasteiger partial charge in [0.1, 0.15) is 0 Å². The van der Waals surface area contributed by atoms with Crippen molar-refractivity contribution in [2.24, 2.45) is 5.92 Å². The van der Waals surface area contributed by atoms with Crippen LogP contribution >= 0.6 is 0 Å². The summed E-state index contributed by atoms with van der Waals surface area (Å²) in [6.45, 7) is 7.75. The molecule has 3 nitrogen and oxygen atoms in total. The van der Waals surface area contributed by atoms with E-state index in [2.05, 4.69) is 11.8 Å². The first-order chi connectivity index (χ1) is 7.72. The Hall–Kier alpha value is -0.830. The molecule has 1 saturated heterocycles. The molecule has 16 heavy (non-hydrogen) atoms. The standard InChI is InChI=1S/C13H23NO2/c1-3-16-13(15)7-5-10-14-9-4-6-12(2)8-11-14/h5,7,12H,3-4,6,8-11H2,1-2H3/b7-5+. The maximum absolute atomic E-state index is 11.1. The summed E-state index contributed by atoms with van der Waals surface area (Å²) in [7, 11) is 0. The minimum Gasteiger partial charge on any atom is -0.463 e. The van der Waals surface area contributed by atoms with E-state index in [1.165, 1.54) is 25.3 Å². The Labute approximate surface area is 98.5 Å². The van der Waals surface area contributed by atoms with Crippen molar-refractivity contribution in [3.63, 3.8) is 0 Å². The van der Waals surface area contributed by atoms with Gasteiger partial charge in [0, 0.05) is 12.6 Å². The predicted octanol–water partition coefficient (Wildman–Crippen LogP) is 2.23. The molecule has 0 radical (unpaired) electrons. The first-order valence-electron chi connectivity index (χ1n) is 6.28. The van der Waals surface area contributed by atoms with Gasteiger partial charge in [-0.3, -0.25) is 4.90 Å². The lowest BCUT2D eigenvalue weighted by atomic mass is 10.0. The molecule has 3 heteroatoms. The van der Waals surface area contributed by atoms with Crippen molar-refractivity contribution in [1.29, 1.82) is 0 Å². The summed E-state index contributed by atoms with van der Waals surface area (Å²) in [5, 5.41) is 0. The molecule has 0 bridgehead atoms. The lowest BCUT2D eigenvalue weighted by Crippen LogP contribution is -2.25. The van der Waals surface area contributed by atoms with E-state index in [1.807, 2.05) is 13.0 Å². The van der Waals surface area contributed by atoms with Gasteiger partial charge in [-0.15, -0.1) is 0 Å². The van der Waals surface area contributed by atoms with Gasteiger partial charge in [-0.25, -0.2) is 4.79 Å². The molecule has 0 aromatic carbocycles. The van der Waals surface area contributed by atoms with Crippen molar-refractivity contribution >= 4 is 5.97 Å². The number of carbonyl (C=O) groups is 1. The number of likely N-dealkylation sites (tertiary alicyclic amines) is 1. The van der Waals surface area contributed by atoms with E-state index in [9.17, 15) is 4.79 Å². The summed E-state index contributed by atoms with van der Waals surface area (Å²) in [5.41, 5.74) is 0. The fourth-order valence-electron chi connectivity index (χ4n) is 1.99. The smallest absolute Gasteiger partial charge is 0.330 e. The molecule has 1 heterocycles. The van der Waals surface area contributed by atoms with Crippen LogP contribution in [0.25, 0.3) is 0 Å². The summed E-state index contributed by atoms with van der Waals surface area (Å²) in [5.74, 6) is 0.615. The van der Waals surface area contributed by atoms with E-state index >= 15 is 0 Å². The highest BCUT2D eigenvalue weighted by Gasteiger charge is 2.12. The number of hydrogen-bond acceptors (Lipinski definition) is 3. The Balaban J connectivity index is 2.23. The zero-order valence-electron chi connectivity index (χ0n) is 10.4. The first kappa shape index (κ1) is 13.2. The fraction of sp³-hybridized carbons (Fsp3) is 0.769. The van der Waals surface area contributed by atoms with Gasteiger partial charge in [0.25, 0.3) is 0 Å². The molecule has 0 saturated carbocycles. The fourth-order valence-corrected chi connectivity index (χ4v) is 1.99. The molecule has 0 aromatic rings. The molecular weight excluding hydrogens is 202 g/mol. The number of esters is 1. The number of ether oxygens (including phenoxy) is 1. The van der Waals surface area contributed by atoms with E-state index in [4.69, 9.17) is 4.74 Å². The number of hydrogen-bond donors (Lipinski definition) is 0. The SMILES string of the molecule is CCOC(=O)/C=C/CN1CCCC(C)CC1. The Morgan fingerprint density at radius 3 is 3.00 bits per heavy atom. The van der Waals surface area contributed by atoms with Crippen molar-refractivity contribution in [3.05, 3.63) is 12.2 Å². The zero-order valence-corrected chi connectivity index (χ0v) is 10.4. The van der Waals surface area contributed by atoms with Crippen LogP contribution in [0.1, 0.15) is 33.1 Å². The lowest BCUT2D eigenvalue weighted by Gasteiger charge is -2.17. The van der Waals surface area contributed by atoms with Crippen LogP contribution in [-0.2, 0) is 9.53 Å². The van der Waals surface area contributed by atoms with Gasteiger partial charge in [0.15, 0.2) is 0 Å².